The van der Waals surface area contributed by atoms with Gasteiger partial charge in [0.05, 0.1) is 0 Å². The van der Waals surface area contributed by atoms with Crippen molar-refractivity contribution in [2.75, 3.05) is 5.32 Å². The van der Waals surface area contributed by atoms with Gasteiger partial charge in [0.2, 0.25) is 5.91 Å². The van der Waals surface area contributed by atoms with Gasteiger partial charge in [0, 0.05) is 11.3 Å². The lowest BCUT2D eigenvalue weighted by Gasteiger charge is -2.11. The van der Waals surface area contributed by atoms with Crippen molar-refractivity contribution in [3.05, 3.63) is 63.9 Å². The molecule has 6 heteroatoms. The molecule has 1 heterocycles. The lowest BCUT2D eigenvalue weighted by atomic mass is 10.1. The Labute approximate surface area is 151 Å². The van der Waals surface area contributed by atoms with Gasteiger partial charge in [-0.1, -0.05) is 35.9 Å². The molecule has 25 heavy (non-hydrogen) atoms. The molecule has 0 unspecified atom stereocenters. The third-order valence-electron chi connectivity index (χ3n) is 4.00. The number of nitrogens with zero attached hydrogens (tertiary/aromatic N) is 2. The molecule has 2 N–H and O–H groups in total. The number of rotatable bonds is 4. The van der Waals surface area contributed by atoms with Crippen LogP contribution in [0.4, 0.5) is 5.69 Å². The fraction of sp³-hybridized carbons (Fsp3) is 0.211. The fourth-order valence-electron chi connectivity index (χ4n) is 2.67. The molecule has 0 saturated heterocycles. The van der Waals surface area contributed by atoms with Crippen LogP contribution < -0.4 is 5.32 Å². The maximum atomic E-state index is 12.5. The van der Waals surface area contributed by atoms with Crippen LogP contribution in [0.3, 0.4) is 0 Å². The number of aromatic amines is 1. The Balaban J connectivity index is 1.86. The summed E-state index contributed by atoms with van der Waals surface area (Å²) in [5.41, 5.74) is 4.98. The van der Waals surface area contributed by atoms with Gasteiger partial charge in [0.25, 0.3) is 0 Å². The van der Waals surface area contributed by atoms with Crippen molar-refractivity contribution in [1.29, 1.82) is 0 Å². The maximum Gasteiger partial charge on any atom is 0.244 e. The molecule has 0 bridgehead atoms. The predicted octanol–water partition coefficient (Wildman–Crippen LogP) is 4.17. The lowest BCUT2D eigenvalue weighted by Crippen LogP contribution is -2.20. The quantitative estimate of drug-likeness (QED) is 0.693. The predicted molar refractivity (Wildman–Crippen MR) is 102 cm³/mol. The van der Waals surface area contributed by atoms with Gasteiger partial charge < -0.3 is 5.32 Å². The second-order valence-electron chi connectivity index (χ2n) is 6.17. The van der Waals surface area contributed by atoms with Crippen molar-refractivity contribution in [2.24, 2.45) is 0 Å². The van der Waals surface area contributed by atoms with Crippen LogP contribution in [0.2, 0.25) is 0 Å². The van der Waals surface area contributed by atoms with Crippen molar-refractivity contribution < 1.29 is 4.79 Å². The van der Waals surface area contributed by atoms with E-state index in [2.05, 4.69) is 15.5 Å². The largest absolute Gasteiger partial charge is 0.324 e. The number of aromatic nitrogens is 3. The SMILES string of the molecule is Cc1cccc(-c2n[nH]c(=S)n2CC(=O)Nc2cc(C)ccc2C)c1. The van der Waals surface area contributed by atoms with Gasteiger partial charge in [0.1, 0.15) is 6.54 Å². The van der Waals surface area contributed by atoms with Gasteiger partial charge in [0.15, 0.2) is 10.6 Å². The minimum atomic E-state index is -0.139. The van der Waals surface area contributed by atoms with E-state index in [9.17, 15) is 4.79 Å². The summed E-state index contributed by atoms with van der Waals surface area (Å²) in [4.78, 5) is 12.5. The van der Waals surface area contributed by atoms with E-state index >= 15 is 0 Å². The van der Waals surface area contributed by atoms with Crippen LogP contribution >= 0.6 is 12.2 Å². The Kier molecular flexibility index (Phi) is 4.81. The molecule has 2 aromatic carbocycles. The summed E-state index contributed by atoms with van der Waals surface area (Å²) in [6.07, 6.45) is 0. The first-order valence-corrected chi connectivity index (χ1v) is 8.44. The molecule has 3 aromatic rings. The van der Waals surface area contributed by atoms with Crippen LogP contribution in [0.15, 0.2) is 42.5 Å². The van der Waals surface area contributed by atoms with E-state index in [-0.39, 0.29) is 12.5 Å². The van der Waals surface area contributed by atoms with Crippen LogP contribution in [0, 0.1) is 25.5 Å². The Bertz CT molecular complexity index is 987. The van der Waals surface area contributed by atoms with Gasteiger partial charge >= 0.3 is 0 Å². The summed E-state index contributed by atoms with van der Waals surface area (Å²) < 4.78 is 2.14. The molecule has 0 spiro atoms. The molecule has 0 radical (unpaired) electrons. The van der Waals surface area contributed by atoms with E-state index in [1.54, 1.807) is 4.57 Å². The zero-order valence-corrected chi connectivity index (χ0v) is 15.3. The molecule has 5 nitrogen and oxygen atoms in total. The number of benzene rings is 2. The van der Waals surface area contributed by atoms with Crippen molar-refractivity contribution >= 4 is 23.8 Å². The van der Waals surface area contributed by atoms with Crippen LogP contribution in [-0.2, 0) is 11.3 Å². The average Bonchev–Trinajstić information content (AvgIpc) is 2.92. The number of amides is 1. The summed E-state index contributed by atoms with van der Waals surface area (Å²) in [6.45, 7) is 6.09. The normalized spacial score (nSPS) is 10.7. The molecule has 0 aliphatic carbocycles. The second kappa shape index (κ2) is 7.03. The number of carbonyl (C=O) groups is 1. The molecular formula is C19H20N4OS. The first-order valence-electron chi connectivity index (χ1n) is 8.03. The van der Waals surface area contributed by atoms with Crippen LogP contribution in [0.5, 0.6) is 0 Å². The number of hydrogen-bond acceptors (Lipinski definition) is 3. The number of anilines is 1. The van der Waals surface area contributed by atoms with Crippen molar-refractivity contribution in [1.82, 2.24) is 14.8 Å². The molecular weight excluding hydrogens is 332 g/mol. The van der Waals surface area contributed by atoms with Gasteiger partial charge in [-0.15, -0.1) is 0 Å². The first kappa shape index (κ1) is 17.1. The zero-order valence-electron chi connectivity index (χ0n) is 14.5. The highest BCUT2D eigenvalue weighted by Crippen LogP contribution is 2.20. The summed E-state index contributed by atoms with van der Waals surface area (Å²) in [5.74, 6) is 0.518. The standard InChI is InChI=1S/C19H20N4OS/c1-12-5-4-6-15(9-12)18-21-22-19(25)23(18)11-17(24)20-16-10-13(2)7-8-14(16)3/h4-10H,11H2,1-3H3,(H,20,24)(H,22,25). The van der Waals surface area contributed by atoms with Crippen molar-refractivity contribution in [3.8, 4) is 11.4 Å². The highest BCUT2D eigenvalue weighted by atomic mass is 32.1. The monoisotopic (exact) mass is 352 g/mol. The van der Waals surface area contributed by atoms with E-state index in [1.165, 1.54) is 0 Å². The Morgan fingerprint density at radius 2 is 1.92 bits per heavy atom. The smallest absolute Gasteiger partial charge is 0.244 e. The molecule has 128 valence electrons. The number of hydrogen-bond donors (Lipinski definition) is 2. The second-order valence-corrected chi connectivity index (χ2v) is 6.56. The van der Waals surface area contributed by atoms with E-state index < -0.39 is 0 Å². The number of H-pyrrole nitrogens is 1. The number of carbonyl (C=O) groups excluding carboxylic acids is 1. The minimum absolute atomic E-state index is 0.103. The molecule has 1 aromatic heterocycles. The lowest BCUT2D eigenvalue weighted by molar-refractivity contribution is -0.116. The minimum Gasteiger partial charge on any atom is -0.324 e. The Hall–Kier alpha value is -2.73. The van der Waals surface area contributed by atoms with Gasteiger partial charge in [-0.05, 0) is 56.2 Å². The van der Waals surface area contributed by atoms with E-state index in [0.717, 1.165) is 27.9 Å². The molecule has 0 saturated carbocycles. The molecule has 0 atom stereocenters. The summed E-state index contributed by atoms with van der Waals surface area (Å²) in [6, 6.07) is 13.9. The average molecular weight is 352 g/mol. The Morgan fingerprint density at radius 1 is 1.16 bits per heavy atom. The van der Waals surface area contributed by atoms with Crippen LogP contribution in [-0.4, -0.2) is 20.7 Å². The number of nitrogens with one attached hydrogen (secondary N) is 2. The summed E-state index contributed by atoms with van der Waals surface area (Å²) in [5, 5.41) is 10.0. The summed E-state index contributed by atoms with van der Waals surface area (Å²) >= 11 is 5.30. The highest BCUT2D eigenvalue weighted by Gasteiger charge is 2.13. The molecule has 1 amide bonds. The highest BCUT2D eigenvalue weighted by molar-refractivity contribution is 7.71. The van der Waals surface area contributed by atoms with Gasteiger partial charge in [-0.3, -0.25) is 14.5 Å². The van der Waals surface area contributed by atoms with Gasteiger partial charge in [-0.2, -0.15) is 5.10 Å². The third-order valence-corrected chi connectivity index (χ3v) is 4.32. The van der Waals surface area contributed by atoms with Crippen LogP contribution in [0.25, 0.3) is 11.4 Å². The fourth-order valence-corrected chi connectivity index (χ4v) is 2.87. The number of aryl methyl sites for hydroxylation is 3. The zero-order chi connectivity index (χ0) is 18.0. The van der Waals surface area contributed by atoms with Crippen molar-refractivity contribution in [2.45, 2.75) is 27.3 Å². The molecule has 0 aliphatic heterocycles. The Morgan fingerprint density at radius 3 is 2.68 bits per heavy atom. The van der Waals surface area contributed by atoms with E-state index in [1.807, 2.05) is 63.2 Å². The van der Waals surface area contributed by atoms with Crippen molar-refractivity contribution in [3.63, 3.8) is 0 Å². The molecule has 0 aliphatic rings. The van der Waals surface area contributed by atoms with E-state index in [4.69, 9.17) is 12.2 Å². The first-order chi connectivity index (χ1) is 11.9. The third kappa shape index (κ3) is 3.85. The van der Waals surface area contributed by atoms with Gasteiger partial charge in [-0.25, -0.2) is 0 Å². The van der Waals surface area contributed by atoms with E-state index in [0.29, 0.717) is 10.6 Å². The summed E-state index contributed by atoms with van der Waals surface area (Å²) in [7, 11) is 0. The maximum absolute atomic E-state index is 12.5. The van der Waals surface area contributed by atoms with Crippen LogP contribution in [0.1, 0.15) is 16.7 Å². The molecule has 3 rings (SSSR count). The molecule has 0 fully saturated rings. The topological polar surface area (TPSA) is 62.7 Å².